The van der Waals surface area contributed by atoms with E-state index >= 15 is 0 Å². The van der Waals surface area contributed by atoms with E-state index in [2.05, 4.69) is 10.3 Å². The van der Waals surface area contributed by atoms with Crippen LogP contribution in [0.25, 0.3) is 0 Å². The molecule has 2 aromatic carbocycles. The first-order valence-corrected chi connectivity index (χ1v) is 10.8. The fourth-order valence-electron chi connectivity index (χ4n) is 3.84. The number of thioether (sulfide) groups is 1. The van der Waals surface area contributed by atoms with E-state index in [1.165, 1.54) is 11.8 Å². The highest BCUT2D eigenvalue weighted by atomic mass is 32.2. The lowest BCUT2D eigenvalue weighted by Gasteiger charge is -2.28. The Morgan fingerprint density at radius 3 is 2.58 bits per heavy atom. The van der Waals surface area contributed by atoms with Gasteiger partial charge in [0.25, 0.3) is 5.56 Å². The second-order valence-electron chi connectivity index (χ2n) is 7.18. The lowest BCUT2D eigenvalue weighted by atomic mass is 9.86. The van der Waals surface area contributed by atoms with Crippen LogP contribution in [0.5, 0.6) is 11.5 Å². The summed E-state index contributed by atoms with van der Waals surface area (Å²) in [6.07, 6.45) is 0.129. The fraction of sp³-hybridized carbons (Fsp3) is 0.261. The monoisotopic (exact) mass is 437 g/mol. The molecule has 0 saturated carbocycles. The van der Waals surface area contributed by atoms with Gasteiger partial charge in [0.2, 0.25) is 5.91 Å². The van der Waals surface area contributed by atoms with E-state index in [1.807, 2.05) is 49.5 Å². The third-order valence-electron chi connectivity index (χ3n) is 5.32. The molecule has 0 saturated heterocycles. The molecule has 0 fully saturated rings. The first kappa shape index (κ1) is 21.0. The van der Waals surface area contributed by atoms with Gasteiger partial charge in [0.05, 0.1) is 19.8 Å². The number of carbonyl (C=O) groups is 1. The molecule has 1 aromatic heterocycles. The van der Waals surface area contributed by atoms with Gasteiger partial charge in [-0.3, -0.25) is 9.59 Å². The van der Waals surface area contributed by atoms with Crippen molar-refractivity contribution in [3.8, 4) is 11.5 Å². The van der Waals surface area contributed by atoms with Crippen LogP contribution in [0.1, 0.15) is 29.0 Å². The van der Waals surface area contributed by atoms with Gasteiger partial charge in [-0.25, -0.2) is 0 Å². The van der Waals surface area contributed by atoms with Crippen molar-refractivity contribution in [2.75, 3.05) is 19.5 Å². The Morgan fingerprint density at radius 2 is 1.87 bits per heavy atom. The van der Waals surface area contributed by atoms with Crippen molar-refractivity contribution >= 4 is 23.5 Å². The van der Waals surface area contributed by atoms with Crippen molar-refractivity contribution in [2.45, 2.75) is 23.2 Å². The molecule has 1 aliphatic heterocycles. The number of para-hydroxylation sites is 1. The maximum atomic E-state index is 13.1. The summed E-state index contributed by atoms with van der Waals surface area (Å²) in [6, 6.07) is 15.4. The molecular formula is C23H23N3O4S. The van der Waals surface area contributed by atoms with Gasteiger partial charge in [0.1, 0.15) is 5.82 Å². The first-order valence-electron chi connectivity index (χ1n) is 9.81. The molecule has 2 heterocycles. The van der Waals surface area contributed by atoms with Crippen LogP contribution in [0, 0.1) is 0 Å². The molecule has 1 aliphatic rings. The summed E-state index contributed by atoms with van der Waals surface area (Å²) in [6.45, 7) is 0. The van der Waals surface area contributed by atoms with E-state index in [0.29, 0.717) is 33.8 Å². The van der Waals surface area contributed by atoms with Crippen LogP contribution in [0.15, 0.2) is 58.5 Å². The van der Waals surface area contributed by atoms with Gasteiger partial charge < -0.3 is 19.4 Å². The van der Waals surface area contributed by atoms with Crippen molar-refractivity contribution in [3.63, 3.8) is 0 Å². The lowest BCUT2D eigenvalue weighted by molar-refractivity contribution is -0.116. The largest absolute Gasteiger partial charge is 0.493 e. The maximum Gasteiger partial charge on any atom is 0.279 e. The van der Waals surface area contributed by atoms with Crippen molar-refractivity contribution in [1.29, 1.82) is 0 Å². The molecule has 31 heavy (non-hydrogen) atoms. The standard InChI is InChI=1S/C23H23N3O4S/c1-26-21-19(22(28)25-23(26)31-13-14-8-5-4-6-9-14)16(12-18(27)24-21)15-10-7-11-17(29-2)20(15)30-3/h4-11,16H,12-13H2,1-3H3,(H,24,27)/t16-/m1/s1. The molecule has 1 atom stereocenters. The van der Waals surface area contributed by atoms with Crippen LogP contribution in [-0.4, -0.2) is 29.7 Å². The highest BCUT2D eigenvalue weighted by Crippen LogP contribution is 2.43. The molecule has 0 aliphatic carbocycles. The van der Waals surface area contributed by atoms with Crippen LogP contribution in [0.4, 0.5) is 5.82 Å². The number of carbonyl (C=O) groups excluding carboxylic acids is 1. The smallest absolute Gasteiger partial charge is 0.279 e. The Kier molecular flexibility index (Phi) is 5.99. The Morgan fingerprint density at radius 1 is 1.10 bits per heavy atom. The Bertz CT molecular complexity index is 1180. The lowest BCUT2D eigenvalue weighted by Crippen LogP contribution is -2.33. The number of aromatic nitrogens is 2. The van der Waals surface area contributed by atoms with Crippen LogP contribution in [-0.2, 0) is 17.6 Å². The summed E-state index contributed by atoms with van der Waals surface area (Å²) in [7, 11) is 4.91. The molecule has 0 spiro atoms. The summed E-state index contributed by atoms with van der Waals surface area (Å²) in [4.78, 5) is 30.1. The molecule has 0 radical (unpaired) electrons. The highest BCUT2D eigenvalue weighted by Gasteiger charge is 2.34. The molecule has 4 rings (SSSR count). The molecule has 8 heteroatoms. The number of benzene rings is 2. The molecule has 7 nitrogen and oxygen atoms in total. The summed E-state index contributed by atoms with van der Waals surface area (Å²) in [5, 5.41) is 3.42. The number of anilines is 1. The fourth-order valence-corrected chi connectivity index (χ4v) is 4.76. The second kappa shape index (κ2) is 8.85. The second-order valence-corrected chi connectivity index (χ2v) is 8.13. The Hall–Kier alpha value is -3.26. The van der Waals surface area contributed by atoms with Crippen molar-refractivity contribution in [3.05, 3.63) is 75.6 Å². The quantitative estimate of drug-likeness (QED) is 0.469. The molecule has 3 aromatic rings. The number of ether oxygens (including phenoxy) is 2. The molecule has 160 valence electrons. The van der Waals surface area contributed by atoms with Gasteiger partial charge in [-0.2, -0.15) is 4.98 Å². The van der Waals surface area contributed by atoms with Crippen LogP contribution < -0.4 is 20.3 Å². The van der Waals surface area contributed by atoms with Crippen LogP contribution in [0.2, 0.25) is 0 Å². The van der Waals surface area contributed by atoms with Crippen molar-refractivity contribution in [1.82, 2.24) is 9.55 Å². The van der Waals surface area contributed by atoms with E-state index in [1.54, 1.807) is 24.9 Å². The van der Waals surface area contributed by atoms with Gasteiger partial charge in [0.15, 0.2) is 16.7 Å². The first-order chi connectivity index (χ1) is 15.0. The number of hydrogen-bond acceptors (Lipinski definition) is 6. The number of rotatable bonds is 6. The third-order valence-corrected chi connectivity index (χ3v) is 6.42. The number of nitrogens with one attached hydrogen (secondary N) is 1. The van der Waals surface area contributed by atoms with E-state index in [9.17, 15) is 9.59 Å². The third kappa shape index (κ3) is 4.03. The minimum Gasteiger partial charge on any atom is -0.493 e. The van der Waals surface area contributed by atoms with E-state index in [4.69, 9.17) is 9.47 Å². The average Bonchev–Trinajstić information content (AvgIpc) is 2.79. The summed E-state index contributed by atoms with van der Waals surface area (Å²) < 4.78 is 12.7. The predicted molar refractivity (Wildman–Crippen MR) is 120 cm³/mol. The van der Waals surface area contributed by atoms with Gasteiger partial charge in [0, 0.05) is 30.7 Å². The molecule has 0 unspecified atom stereocenters. The van der Waals surface area contributed by atoms with Crippen molar-refractivity contribution < 1.29 is 14.3 Å². The minimum absolute atomic E-state index is 0.129. The highest BCUT2D eigenvalue weighted by molar-refractivity contribution is 7.98. The maximum absolute atomic E-state index is 13.1. The number of methoxy groups -OCH3 is 2. The van der Waals surface area contributed by atoms with Gasteiger partial charge in [-0.15, -0.1) is 0 Å². The zero-order chi connectivity index (χ0) is 22.0. The molecule has 1 N–H and O–H groups in total. The zero-order valence-electron chi connectivity index (χ0n) is 17.5. The minimum atomic E-state index is -0.479. The van der Waals surface area contributed by atoms with E-state index < -0.39 is 5.92 Å². The van der Waals surface area contributed by atoms with Crippen LogP contribution in [0.3, 0.4) is 0 Å². The SMILES string of the molecule is COc1cccc([C@H]2CC(=O)Nc3c2c(=O)nc(SCc2ccccc2)n3C)c1OC. The Balaban J connectivity index is 1.78. The number of hydrogen-bond donors (Lipinski definition) is 1. The average molecular weight is 438 g/mol. The molecule has 1 amide bonds. The van der Waals surface area contributed by atoms with Gasteiger partial charge >= 0.3 is 0 Å². The van der Waals surface area contributed by atoms with Crippen molar-refractivity contribution in [2.24, 2.45) is 7.05 Å². The van der Waals surface area contributed by atoms with E-state index in [0.717, 1.165) is 11.1 Å². The predicted octanol–water partition coefficient (Wildman–Crippen LogP) is 3.56. The summed E-state index contributed by atoms with van der Waals surface area (Å²) in [5.41, 5.74) is 1.96. The zero-order valence-corrected chi connectivity index (χ0v) is 18.4. The Labute approximate surface area is 184 Å². The van der Waals surface area contributed by atoms with Gasteiger partial charge in [-0.05, 0) is 11.6 Å². The van der Waals surface area contributed by atoms with E-state index in [-0.39, 0.29) is 17.9 Å². The molecule has 0 bridgehead atoms. The van der Waals surface area contributed by atoms with Crippen LogP contribution >= 0.6 is 11.8 Å². The number of nitrogens with zero attached hydrogens (tertiary/aromatic N) is 2. The summed E-state index contributed by atoms with van der Waals surface area (Å²) >= 11 is 1.45. The van der Waals surface area contributed by atoms with Gasteiger partial charge in [-0.1, -0.05) is 54.2 Å². The summed E-state index contributed by atoms with van der Waals surface area (Å²) in [5.74, 6) is 1.56. The molecular weight excluding hydrogens is 414 g/mol. The number of amides is 1. The topological polar surface area (TPSA) is 82.5 Å². The normalized spacial score (nSPS) is 15.2. The number of fused-ring (bicyclic) bond motifs is 1.